The number of methoxy groups -OCH3 is 1. The summed E-state index contributed by atoms with van der Waals surface area (Å²) in [5.74, 6) is 0.247. The van der Waals surface area contributed by atoms with E-state index in [9.17, 15) is 21.6 Å². The van der Waals surface area contributed by atoms with Gasteiger partial charge in [0, 0.05) is 26.1 Å². The van der Waals surface area contributed by atoms with Crippen LogP contribution in [0.25, 0.3) is 0 Å². The van der Waals surface area contributed by atoms with E-state index in [2.05, 4.69) is 15.4 Å². The quantitative estimate of drug-likeness (QED) is 0.507. The number of hydrogen-bond acceptors (Lipinski definition) is 7. The van der Waals surface area contributed by atoms with Crippen molar-refractivity contribution < 1.29 is 26.4 Å². The second-order valence-corrected chi connectivity index (χ2v) is 9.99. The van der Waals surface area contributed by atoms with Crippen molar-refractivity contribution in [3.05, 3.63) is 18.2 Å². The third-order valence-electron chi connectivity index (χ3n) is 3.87. The van der Waals surface area contributed by atoms with Crippen LogP contribution in [-0.2, 0) is 24.7 Å². The number of amides is 1. The molecule has 1 aromatic carbocycles. The molecule has 146 valence electrons. The number of rotatable bonds is 8. The second-order valence-electron chi connectivity index (χ2n) is 6.00. The van der Waals surface area contributed by atoms with Crippen LogP contribution >= 0.6 is 0 Å². The summed E-state index contributed by atoms with van der Waals surface area (Å²) in [6.07, 6.45) is 0.535. The van der Waals surface area contributed by atoms with Gasteiger partial charge in [-0.1, -0.05) is 0 Å². The minimum Gasteiger partial charge on any atom is -0.495 e. The van der Waals surface area contributed by atoms with Crippen LogP contribution in [0.15, 0.2) is 23.1 Å². The molecule has 0 aromatic heterocycles. The highest BCUT2D eigenvalue weighted by Crippen LogP contribution is 2.27. The number of sulfone groups is 1. The molecule has 1 atom stereocenters. The molecule has 0 bridgehead atoms. The molecule has 3 N–H and O–H groups in total. The van der Waals surface area contributed by atoms with E-state index in [-0.39, 0.29) is 40.6 Å². The van der Waals surface area contributed by atoms with E-state index in [0.29, 0.717) is 18.7 Å². The van der Waals surface area contributed by atoms with Crippen LogP contribution in [0.3, 0.4) is 0 Å². The first kappa shape index (κ1) is 20.6. The van der Waals surface area contributed by atoms with E-state index in [0.717, 1.165) is 0 Å². The molecule has 11 heteroatoms. The summed E-state index contributed by atoms with van der Waals surface area (Å²) in [4.78, 5) is 11.2. The van der Waals surface area contributed by atoms with Gasteiger partial charge in [0.2, 0.25) is 15.9 Å². The molecule has 1 aromatic rings. The Morgan fingerprint density at radius 1 is 1.31 bits per heavy atom. The standard InChI is InChI=1S/C15H23N3O6S2/c1-11(19)18-14-9-13(3-4-15(14)24-2)26(22,23)17-7-6-16-12-5-8-25(20,21)10-12/h3-4,9,12,16-17H,5-8,10H2,1-2H3,(H,18,19)/t12-/m0/s1. The molecule has 1 fully saturated rings. The Hall–Kier alpha value is -1.69. The van der Waals surface area contributed by atoms with Gasteiger partial charge in [0.25, 0.3) is 0 Å². The summed E-state index contributed by atoms with van der Waals surface area (Å²) in [6, 6.07) is 4.02. The highest BCUT2D eigenvalue weighted by molar-refractivity contribution is 7.91. The largest absolute Gasteiger partial charge is 0.495 e. The fraction of sp³-hybridized carbons (Fsp3) is 0.533. The van der Waals surface area contributed by atoms with E-state index in [1.807, 2.05) is 0 Å². The van der Waals surface area contributed by atoms with Gasteiger partial charge in [0.1, 0.15) is 5.75 Å². The average Bonchev–Trinajstić information content (AvgIpc) is 2.90. The van der Waals surface area contributed by atoms with Gasteiger partial charge in [-0.25, -0.2) is 21.6 Å². The maximum Gasteiger partial charge on any atom is 0.240 e. The van der Waals surface area contributed by atoms with E-state index >= 15 is 0 Å². The molecule has 0 radical (unpaired) electrons. The monoisotopic (exact) mass is 405 g/mol. The summed E-state index contributed by atoms with van der Waals surface area (Å²) >= 11 is 0. The van der Waals surface area contributed by atoms with Gasteiger partial charge >= 0.3 is 0 Å². The lowest BCUT2D eigenvalue weighted by molar-refractivity contribution is -0.114. The highest BCUT2D eigenvalue weighted by atomic mass is 32.2. The molecular formula is C15H23N3O6S2. The van der Waals surface area contributed by atoms with Crippen LogP contribution in [0.5, 0.6) is 5.75 Å². The van der Waals surface area contributed by atoms with Crippen LogP contribution in [0.1, 0.15) is 13.3 Å². The second kappa shape index (κ2) is 8.33. The normalized spacial score (nSPS) is 19.2. The van der Waals surface area contributed by atoms with Crippen LogP contribution in [0, 0.1) is 0 Å². The predicted octanol–water partition coefficient (Wildman–Crippen LogP) is -0.291. The molecule has 1 heterocycles. The molecule has 0 saturated carbocycles. The predicted molar refractivity (Wildman–Crippen MR) is 97.5 cm³/mol. The fourth-order valence-electron chi connectivity index (χ4n) is 2.64. The Bertz CT molecular complexity index is 867. The number of anilines is 1. The van der Waals surface area contributed by atoms with Gasteiger partial charge in [-0.3, -0.25) is 4.79 Å². The third kappa shape index (κ3) is 5.66. The first-order valence-electron chi connectivity index (χ1n) is 8.02. The third-order valence-corrected chi connectivity index (χ3v) is 7.10. The van der Waals surface area contributed by atoms with Crippen molar-refractivity contribution in [3.8, 4) is 5.75 Å². The number of hydrogen-bond donors (Lipinski definition) is 3. The molecule has 2 rings (SSSR count). The van der Waals surface area contributed by atoms with Crippen molar-refractivity contribution >= 4 is 31.5 Å². The molecule has 26 heavy (non-hydrogen) atoms. The lowest BCUT2D eigenvalue weighted by Gasteiger charge is -2.13. The molecule has 1 aliphatic rings. The van der Waals surface area contributed by atoms with Crippen molar-refractivity contribution in [3.63, 3.8) is 0 Å². The summed E-state index contributed by atoms with van der Waals surface area (Å²) in [5.41, 5.74) is 0.261. The maximum absolute atomic E-state index is 12.4. The number of carbonyl (C=O) groups is 1. The van der Waals surface area contributed by atoms with Crippen LogP contribution < -0.4 is 20.1 Å². The number of sulfonamides is 1. The number of benzene rings is 1. The maximum atomic E-state index is 12.4. The van der Waals surface area contributed by atoms with Crippen molar-refractivity contribution in [2.75, 3.05) is 37.0 Å². The first-order chi connectivity index (χ1) is 12.1. The van der Waals surface area contributed by atoms with E-state index in [1.54, 1.807) is 0 Å². The van der Waals surface area contributed by atoms with Crippen molar-refractivity contribution in [1.82, 2.24) is 10.0 Å². The summed E-state index contributed by atoms with van der Waals surface area (Å²) in [7, 11) is -5.33. The SMILES string of the molecule is COc1ccc(S(=O)(=O)NCCN[C@H]2CCS(=O)(=O)C2)cc1NC(C)=O. The molecule has 0 unspecified atom stereocenters. The minimum atomic E-state index is -3.78. The topological polar surface area (TPSA) is 131 Å². The Balaban J connectivity index is 1.95. The molecule has 0 spiro atoms. The Kier molecular flexibility index (Phi) is 6.61. The smallest absolute Gasteiger partial charge is 0.240 e. The first-order valence-corrected chi connectivity index (χ1v) is 11.3. The van der Waals surface area contributed by atoms with Gasteiger partial charge < -0.3 is 15.4 Å². The van der Waals surface area contributed by atoms with E-state index < -0.39 is 19.9 Å². The lowest BCUT2D eigenvalue weighted by Crippen LogP contribution is -2.37. The number of nitrogens with one attached hydrogen (secondary N) is 3. The molecule has 1 amide bonds. The van der Waals surface area contributed by atoms with Crippen LogP contribution in [-0.4, -0.2) is 60.5 Å². The van der Waals surface area contributed by atoms with Crippen molar-refractivity contribution in [1.29, 1.82) is 0 Å². The number of ether oxygens (including phenoxy) is 1. The fourth-order valence-corrected chi connectivity index (χ4v) is 5.41. The van der Waals surface area contributed by atoms with Gasteiger partial charge in [0.05, 0.1) is 29.2 Å². The lowest BCUT2D eigenvalue weighted by atomic mass is 10.3. The molecule has 1 saturated heterocycles. The summed E-state index contributed by atoms with van der Waals surface area (Å²) in [6.45, 7) is 1.74. The zero-order chi connectivity index (χ0) is 19.4. The summed E-state index contributed by atoms with van der Waals surface area (Å²) in [5, 5.41) is 5.56. The summed E-state index contributed by atoms with van der Waals surface area (Å²) < 4.78 is 55.1. The highest BCUT2D eigenvalue weighted by Gasteiger charge is 2.27. The molecule has 9 nitrogen and oxygen atoms in total. The average molecular weight is 405 g/mol. The zero-order valence-corrected chi connectivity index (χ0v) is 16.2. The number of carbonyl (C=O) groups excluding carboxylic acids is 1. The van der Waals surface area contributed by atoms with Crippen molar-refractivity contribution in [2.24, 2.45) is 0 Å². The van der Waals surface area contributed by atoms with Crippen LogP contribution in [0.4, 0.5) is 5.69 Å². The van der Waals surface area contributed by atoms with Gasteiger partial charge in [-0.15, -0.1) is 0 Å². The van der Waals surface area contributed by atoms with Crippen molar-refractivity contribution in [2.45, 2.75) is 24.3 Å². The Morgan fingerprint density at radius 2 is 2.04 bits per heavy atom. The molecule has 1 aliphatic heterocycles. The van der Waals surface area contributed by atoms with E-state index in [4.69, 9.17) is 4.74 Å². The minimum absolute atomic E-state index is 0.00880. The Labute approximate surface area is 153 Å². The molecular weight excluding hydrogens is 382 g/mol. The Morgan fingerprint density at radius 3 is 2.62 bits per heavy atom. The van der Waals surface area contributed by atoms with Crippen LogP contribution in [0.2, 0.25) is 0 Å². The van der Waals surface area contributed by atoms with Gasteiger partial charge in [0.15, 0.2) is 9.84 Å². The van der Waals surface area contributed by atoms with Gasteiger partial charge in [-0.2, -0.15) is 0 Å². The molecule has 0 aliphatic carbocycles. The van der Waals surface area contributed by atoms with E-state index in [1.165, 1.54) is 32.2 Å². The van der Waals surface area contributed by atoms with Gasteiger partial charge in [-0.05, 0) is 24.6 Å². The zero-order valence-electron chi connectivity index (χ0n) is 14.6.